The molecule has 2 aliphatic rings. The Morgan fingerprint density at radius 2 is 1.28 bits per heavy atom. The molecule has 2 rings (SSSR count). The van der Waals surface area contributed by atoms with E-state index in [1.807, 2.05) is 20.8 Å². The van der Waals surface area contributed by atoms with Crippen LogP contribution in [-0.2, 0) is 9.47 Å². The van der Waals surface area contributed by atoms with Crippen molar-refractivity contribution < 1.29 is 27.8 Å². The van der Waals surface area contributed by atoms with Gasteiger partial charge < -0.3 is 25.0 Å². The molecular formula is C24H44F2N6O4. The number of carbonyl (C=O) groups is 2. The zero-order chi connectivity index (χ0) is 27.6. The molecule has 0 saturated carbocycles. The number of azide groups is 1. The third-order valence-corrected chi connectivity index (χ3v) is 5.85. The van der Waals surface area contributed by atoms with Crippen molar-refractivity contribution in [3.63, 3.8) is 0 Å². The second-order valence-corrected chi connectivity index (χ2v) is 11.5. The predicted molar refractivity (Wildman–Crippen MR) is 134 cm³/mol. The van der Waals surface area contributed by atoms with E-state index in [1.165, 1.54) is 4.90 Å². The number of hydrogen-bond donors (Lipinski definition) is 1. The standard InChI is InChI=1S/C12H21FN4O2.C12H23FN2O2/c1-11(2,3)19-10(18)17-7-4-5-12(13,6-8-17)9-15-16-14;1-11(2,3)17-10(16)15-7-4-5-12(13,9-14)6-8-15/h4-9H2,1-3H3;4-9,14H2,1-3H3. The summed E-state index contributed by atoms with van der Waals surface area (Å²) < 4.78 is 38.9. The average Bonchev–Trinajstić information content (AvgIpc) is 3.07. The Hall–Kier alpha value is -2.33. The SMILES string of the molecule is CC(C)(C)OC(=O)N1CCCC(F)(CN)CC1.CC(C)(C)OC(=O)N1CCCC(F)(CN=[N+]=[N-])CC1. The van der Waals surface area contributed by atoms with Crippen LogP contribution in [0.4, 0.5) is 18.4 Å². The zero-order valence-corrected chi connectivity index (χ0v) is 22.7. The van der Waals surface area contributed by atoms with Crippen LogP contribution in [0.25, 0.3) is 10.4 Å². The fourth-order valence-corrected chi connectivity index (χ4v) is 3.86. The molecule has 10 nitrogen and oxygen atoms in total. The summed E-state index contributed by atoms with van der Waals surface area (Å²) in [5, 5.41) is 3.31. The number of rotatable bonds is 3. The lowest BCUT2D eigenvalue weighted by Crippen LogP contribution is -2.39. The first-order valence-corrected chi connectivity index (χ1v) is 12.6. The van der Waals surface area contributed by atoms with Crippen molar-refractivity contribution in [3.05, 3.63) is 10.4 Å². The maximum atomic E-state index is 14.4. The Kier molecular flexibility index (Phi) is 11.7. The summed E-state index contributed by atoms with van der Waals surface area (Å²) in [5.41, 5.74) is 9.78. The van der Waals surface area contributed by atoms with Gasteiger partial charge in [-0.2, -0.15) is 0 Å². The number of nitrogens with two attached hydrogens (primary N) is 1. The molecule has 2 saturated heterocycles. The number of halogens is 2. The average molecular weight is 519 g/mol. The van der Waals surface area contributed by atoms with Crippen LogP contribution in [0.5, 0.6) is 0 Å². The molecule has 0 spiro atoms. The van der Waals surface area contributed by atoms with Crippen molar-refractivity contribution in [1.82, 2.24) is 9.80 Å². The van der Waals surface area contributed by atoms with E-state index < -0.39 is 28.6 Å². The van der Waals surface area contributed by atoms with Crippen molar-refractivity contribution in [1.29, 1.82) is 0 Å². The summed E-state index contributed by atoms with van der Waals surface area (Å²) in [6, 6.07) is 0. The largest absolute Gasteiger partial charge is 0.444 e. The molecule has 36 heavy (non-hydrogen) atoms. The molecule has 0 aliphatic carbocycles. The molecular weight excluding hydrogens is 474 g/mol. The van der Waals surface area contributed by atoms with E-state index in [2.05, 4.69) is 10.0 Å². The van der Waals surface area contributed by atoms with Gasteiger partial charge in [0.1, 0.15) is 22.5 Å². The lowest BCUT2D eigenvalue weighted by Gasteiger charge is -2.26. The van der Waals surface area contributed by atoms with Crippen molar-refractivity contribution in [3.8, 4) is 0 Å². The Balaban J connectivity index is 0.000000362. The summed E-state index contributed by atoms with van der Waals surface area (Å²) >= 11 is 0. The number of hydrogen-bond acceptors (Lipinski definition) is 6. The molecule has 2 N–H and O–H groups in total. The summed E-state index contributed by atoms with van der Waals surface area (Å²) in [4.78, 5) is 29.4. The van der Waals surface area contributed by atoms with Gasteiger partial charge in [0.15, 0.2) is 0 Å². The lowest BCUT2D eigenvalue weighted by molar-refractivity contribution is 0.0236. The lowest BCUT2D eigenvalue weighted by atomic mass is 9.97. The monoisotopic (exact) mass is 518 g/mol. The maximum Gasteiger partial charge on any atom is 0.410 e. The van der Waals surface area contributed by atoms with E-state index in [0.717, 1.165) is 0 Å². The Bertz CT molecular complexity index is 782. The first-order chi connectivity index (χ1) is 16.5. The Morgan fingerprint density at radius 1 is 0.861 bits per heavy atom. The van der Waals surface area contributed by atoms with E-state index in [1.54, 1.807) is 25.7 Å². The van der Waals surface area contributed by atoms with E-state index in [9.17, 15) is 18.4 Å². The Morgan fingerprint density at radius 3 is 1.67 bits per heavy atom. The Labute approximate surface area is 213 Å². The first kappa shape index (κ1) is 31.7. The number of nitrogens with zero attached hydrogens (tertiary/aromatic N) is 5. The second kappa shape index (κ2) is 13.3. The van der Waals surface area contributed by atoms with Crippen LogP contribution in [0.15, 0.2) is 5.11 Å². The van der Waals surface area contributed by atoms with Crippen LogP contribution in [0.2, 0.25) is 0 Å². The minimum Gasteiger partial charge on any atom is -0.444 e. The number of carbonyl (C=O) groups excluding carboxylic acids is 2. The number of ether oxygens (including phenoxy) is 2. The van der Waals surface area contributed by atoms with Crippen LogP contribution < -0.4 is 5.73 Å². The van der Waals surface area contributed by atoms with Gasteiger partial charge >= 0.3 is 12.2 Å². The van der Waals surface area contributed by atoms with Gasteiger partial charge in [0.05, 0.1) is 6.54 Å². The van der Waals surface area contributed by atoms with Crippen LogP contribution in [0, 0.1) is 0 Å². The molecule has 2 atom stereocenters. The van der Waals surface area contributed by atoms with Gasteiger partial charge in [0.25, 0.3) is 0 Å². The zero-order valence-electron chi connectivity index (χ0n) is 22.7. The van der Waals surface area contributed by atoms with Crippen LogP contribution in [-0.4, -0.2) is 83.8 Å². The third-order valence-electron chi connectivity index (χ3n) is 5.85. The molecule has 2 aliphatic heterocycles. The topological polar surface area (TPSA) is 134 Å². The van der Waals surface area contributed by atoms with Crippen molar-refractivity contribution in [2.24, 2.45) is 10.8 Å². The molecule has 2 fully saturated rings. The molecule has 208 valence electrons. The third kappa shape index (κ3) is 12.1. The smallest absolute Gasteiger partial charge is 0.410 e. The molecule has 2 unspecified atom stereocenters. The highest BCUT2D eigenvalue weighted by atomic mass is 19.1. The summed E-state index contributed by atoms with van der Waals surface area (Å²) in [5.74, 6) is 0. The van der Waals surface area contributed by atoms with Gasteiger partial charge in [-0.1, -0.05) is 5.11 Å². The van der Waals surface area contributed by atoms with E-state index in [4.69, 9.17) is 20.7 Å². The fraction of sp³-hybridized carbons (Fsp3) is 0.917. The van der Waals surface area contributed by atoms with Crippen LogP contribution >= 0.6 is 0 Å². The van der Waals surface area contributed by atoms with Gasteiger partial charge in [0.2, 0.25) is 0 Å². The fourth-order valence-electron chi connectivity index (χ4n) is 3.86. The van der Waals surface area contributed by atoms with Crippen molar-refractivity contribution >= 4 is 12.2 Å². The summed E-state index contributed by atoms with van der Waals surface area (Å²) in [6.07, 6.45) is 1.57. The molecule has 0 aromatic rings. The summed E-state index contributed by atoms with van der Waals surface area (Å²) in [7, 11) is 0. The number of likely N-dealkylation sites (tertiary alicyclic amines) is 2. The van der Waals surface area contributed by atoms with E-state index in [-0.39, 0.29) is 32.1 Å². The van der Waals surface area contributed by atoms with Crippen LogP contribution in [0.1, 0.15) is 80.1 Å². The van der Waals surface area contributed by atoms with Gasteiger partial charge in [-0.05, 0) is 79.2 Å². The van der Waals surface area contributed by atoms with E-state index >= 15 is 0 Å². The predicted octanol–water partition coefficient (Wildman–Crippen LogP) is 5.50. The van der Waals surface area contributed by atoms with Crippen molar-refractivity contribution in [2.45, 2.75) is 103 Å². The number of alkyl halides is 2. The molecule has 2 heterocycles. The maximum absolute atomic E-state index is 14.4. The highest BCUT2D eigenvalue weighted by Crippen LogP contribution is 2.28. The molecule has 0 radical (unpaired) electrons. The summed E-state index contributed by atoms with van der Waals surface area (Å²) in [6.45, 7) is 12.4. The second-order valence-electron chi connectivity index (χ2n) is 11.5. The molecule has 0 bridgehead atoms. The van der Waals surface area contributed by atoms with Crippen molar-refractivity contribution in [2.75, 3.05) is 39.3 Å². The highest BCUT2D eigenvalue weighted by Gasteiger charge is 2.35. The van der Waals surface area contributed by atoms with Gasteiger partial charge in [0, 0.05) is 44.1 Å². The van der Waals surface area contributed by atoms with E-state index in [0.29, 0.717) is 51.7 Å². The van der Waals surface area contributed by atoms with Gasteiger partial charge in [-0.15, -0.1) is 0 Å². The molecule has 0 aromatic heterocycles. The first-order valence-electron chi connectivity index (χ1n) is 12.6. The minimum absolute atomic E-state index is 0.0230. The normalized spacial score (nSPS) is 25.4. The van der Waals surface area contributed by atoms with Gasteiger partial charge in [-0.3, -0.25) is 0 Å². The highest BCUT2D eigenvalue weighted by molar-refractivity contribution is 5.68. The van der Waals surface area contributed by atoms with Crippen LogP contribution in [0.3, 0.4) is 0 Å². The molecule has 2 amide bonds. The minimum atomic E-state index is -1.51. The quantitative estimate of drug-likeness (QED) is 0.299. The molecule has 12 heteroatoms. The molecule has 0 aromatic carbocycles. The van der Waals surface area contributed by atoms with Gasteiger partial charge in [-0.25, -0.2) is 18.4 Å². The number of amides is 2.